The molecule has 0 aliphatic carbocycles. The first kappa shape index (κ1) is 18.3. The molecule has 2 aromatic rings. The van der Waals surface area contributed by atoms with E-state index in [0.29, 0.717) is 27.9 Å². The quantitative estimate of drug-likeness (QED) is 0.586. The minimum absolute atomic E-state index is 0.121. The first-order chi connectivity index (χ1) is 11.2. The third kappa shape index (κ3) is 5.52. The van der Waals surface area contributed by atoms with Gasteiger partial charge in [-0.25, -0.2) is 0 Å². The van der Waals surface area contributed by atoms with Crippen molar-refractivity contribution in [3.63, 3.8) is 0 Å². The van der Waals surface area contributed by atoms with E-state index in [2.05, 4.69) is 5.32 Å². The Kier molecular flexibility index (Phi) is 5.82. The number of benzene rings is 2. The highest BCUT2D eigenvalue weighted by atomic mass is 32.2. The summed E-state index contributed by atoms with van der Waals surface area (Å²) in [6.07, 6.45) is -4.55. The Morgan fingerprint density at radius 3 is 2.33 bits per heavy atom. The molecule has 1 amide bonds. The summed E-state index contributed by atoms with van der Waals surface area (Å²) in [6.45, 7) is 0. The summed E-state index contributed by atoms with van der Waals surface area (Å²) in [5.74, 6) is -3.02. The zero-order valence-electron chi connectivity index (χ0n) is 12.1. The van der Waals surface area contributed by atoms with Crippen molar-refractivity contribution in [3.8, 4) is 0 Å². The lowest BCUT2D eigenvalue weighted by Gasteiger charge is -2.09. The van der Waals surface area contributed by atoms with E-state index in [4.69, 9.17) is 0 Å². The van der Waals surface area contributed by atoms with E-state index in [1.165, 1.54) is 30.3 Å². The lowest BCUT2D eigenvalue weighted by molar-refractivity contribution is -0.137. The van der Waals surface area contributed by atoms with Crippen molar-refractivity contribution in [2.45, 2.75) is 23.3 Å². The van der Waals surface area contributed by atoms with Crippen LogP contribution in [0.25, 0.3) is 0 Å². The lowest BCUT2D eigenvalue weighted by atomic mass is 10.1. The number of halogens is 5. The number of nitrogens with one attached hydrogen (secondary N) is 1. The van der Waals surface area contributed by atoms with Crippen LogP contribution in [0.1, 0.15) is 11.1 Å². The second-order valence-electron chi connectivity index (χ2n) is 4.83. The van der Waals surface area contributed by atoms with Gasteiger partial charge in [0.05, 0.1) is 12.0 Å². The van der Waals surface area contributed by atoms with Crippen molar-refractivity contribution in [1.29, 1.82) is 0 Å². The minimum Gasteiger partial charge on any atom is -0.326 e. The van der Waals surface area contributed by atoms with Gasteiger partial charge in [-0.05, 0) is 35.9 Å². The van der Waals surface area contributed by atoms with Gasteiger partial charge >= 0.3 is 6.18 Å². The van der Waals surface area contributed by atoms with E-state index in [1.54, 1.807) is 6.07 Å². The molecule has 0 atom stereocenters. The summed E-state index contributed by atoms with van der Waals surface area (Å²) in [7, 11) is 0. The molecule has 0 radical (unpaired) electrons. The number of carbonyl (C=O) groups is 1. The summed E-state index contributed by atoms with van der Waals surface area (Å²) in [5.41, 5.74) is -0.0282. The zero-order chi connectivity index (χ0) is 17.7. The molecule has 0 heterocycles. The van der Waals surface area contributed by atoms with Crippen LogP contribution in [0.5, 0.6) is 0 Å². The maximum absolute atomic E-state index is 12.5. The predicted molar refractivity (Wildman–Crippen MR) is 82.1 cm³/mol. The van der Waals surface area contributed by atoms with Gasteiger partial charge in [0.15, 0.2) is 0 Å². The van der Waals surface area contributed by atoms with Crippen molar-refractivity contribution < 1.29 is 26.7 Å². The minimum atomic E-state index is -4.43. The zero-order valence-corrected chi connectivity index (χ0v) is 12.9. The topological polar surface area (TPSA) is 29.1 Å². The molecular weight excluding hydrogens is 349 g/mol. The van der Waals surface area contributed by atoms with Crippen LogP contribution in [0.4, 0.5) is 27.6 Å². The van der Waals surface area contributed by atoms with Gasteiger partial charge in [0.25, 0.3) is 5.76 Å². The molecule has 8 heteroatoms. The van der Waals surface area contributed by atoms with E-state index in [0.717, 1.165) is 12.1 Å². The summed E-state index contributed by atoms with van der Waals surface area (Å²) < 4.78 is 62.0. The first-order valence-corrected chi connectivity index (χ1v) is 7.63. The molecule has 0 spiro atoms. The number of hydrogen-bond donors (Lipinski definition) is 1. The van der Waals surface area contributed by atoms with Crippen LogP contribution in [0.3, 0.4) is 0 Å². The monoisotopic (exact) mass is 361 g/mol. The van der Waals surface area contributed by atoms with E-state index in [9.17, 15) is 26.7 Å². The molecule has 128 valence electrons. The SMILES string of the molecule is O=C(Cc1ccc(C(F)(F)F)cc1)Nc1cccc(SC(F)F)c1. The average Bonchev–Trinajstić information content (AvgIpc) is 2.46. The molecule has 0 bridgehead atoms. The largest absolute Gasteiger partial charge is 0.416 e. The normalized spacial score (nSPS) is 11.6. The van der Waals surface area contributed by atoms with Gasteiger partial charge in [-0.2, -0.15) is 22.0 Å². The second kappa shape index (κ2) is 7.65. The molecular formula is C16H12F5NOS. The fourth-order valence-electron chi connectivity index (χ4n) is 1.95. The van der Waals surface area contributed by atoms with Crippen LogP contribution < -0.4 is 5.32 Å². The molecule has 0 saturated carbocycles. The van der Waals surface area contributed by atoms with Gasteiger partial charge in [0.2, 0.25) is 5.91 Å². The number of anilines is 1. The Labute approximate surface area is 139 Å². The predicted octanol–water partition coefficient (Wildman–Crippen LogP) is 5.20. The summed E-state index contributed by atoms with van der Waals surface area (Å²) in [6, 6.07) is 10.2. The van der Waals surface area contributed by atoms with Crippen LogP contribution in [0.15, 0.2) is 53.4 Å². The maximum Gasteiger partial charge on any atom is 0.416 e. The molecule has 2 nitrogen and oxygen atoms in total. The Morgan fingerprint density at radius 2 is 1.75 bits per heavy atom. The molecule has 0 aliphatic rings. The Hall–Kier alpha value is -2.09. The molecule has 24 heavy (non-hydrogen) atoms. The summed E-state index contributed by atoms with van der Waals surface area (Å²) in [5, 5.41) is 2.53. The van der Waals surface area contributed by atoms with Crippen LogP contribution in [0.2, 0.25) is 0 Å². The number of amides is 1. The smallest absolute Gasteiger partial charge is 0.326 e. The van der Waals surface area contributed by atoms with Crippen LogP contribution in [-0.4, -0.2) is 11.7 Å². The Balaban J connectivity index is 1.98. The molecule has 2 aromatic carbocycles. The molecule has 2 rings (SSSR count). The van der Waals surface area contributed by atoms with Crippen LogP contribution >= 0.6 is 11.8 Å². The van der Waals surface area contributed by atoms with Crippen LogP contribution in [0, 0.1) is 0 Å². The van der Waals surface area contributed by atoms with E-state index in [-0.39, 0.29) is 6.42 Å². The van der Waals surface area contributed by atoms with Crippen molar-refractivity contribution in [2.24, 2.45) is 0 Å². The Morgan fingerprint density at radius 1 is 1.08 bits per heavy atom. The third-order valence-corrected chi connectivity index (χ3v) is 3.69. The fraction of sp³-hybridized carbons (Fsp3) is 0.188. The number of alkyl halides is 5. The highest BCUT2D eigenvalue weighted by Crippen LogP contribution is 2.29. The summed E-state index contributed by atoms with van der Waals surface area (Å²) >= 11 is 0.356. The molecule has 0 saturated heterocycles. The molecule has 0 aliphatic heterocycles. The van der Waals surface area contributed by atoms with Gasteiger partial charge in [-0.1, -0.05) is 30.0 Å². The van der Waals surface area contributed by atoms with Crippen molar-refractivity contribution in [3.05, 3.63) is 59.7 Å². The first-order valence-electron chi connectivity index (χ1n) is 6.75. The molecule has 0 unspecified atom stereocenters. The highest BCUT2D eigenvalue weighted by molar-refractivity contribution is 7.99. The standard InChI is InChI=1S/C16H12F5NOS/c17-15(18)24-13-3-1-2-12(9-13)22-14(23)8-10-4-6-11(7-5-10)16(19,20)21/h1-7,9,15H,8H2,(H,22,23). The van der Waals surface area contributed by atoms with Gasteiger partial charge in [-0.3, -0.25) is 4.79 Å². The average molecular weight is 361 g/mol. The lowest BCUT2D eigenvalue weighted by Crippen LogP contribution is -2.14. The second-order valence-corrected chi connectivity index (χ2v) is 5.89. The maximum atomic E-state index is 12.5. The third-order valence-electron chi connectivity index (χ3n) is 2.99. The van der Waals surface area contributed by atoms with E-state index >= 15 is 0 Å². The molecule has 1 N–H and O–H groups in total. The van der Waals surface area contributed by atoms with Crippen LogP contribution in [-0.2, 0) is 17.4 Å². The van der Waals surface area contributed by atoms with Gasteiger partial charge in [0, 0.05) is 10.6 Å². The van der Waals surface area contributed by atoms with Gasteiger partial charge in [0.1, 0.15) is 0 Å². The summed E-state index contributed by atoms with van der Waals surface area (Å²) in [4.78, 5) is 12.2. The Bertz CT molecular complexity index is 700. The number of carbonyl (C=O) groups excluding carboxylic acids is 1. The number of rotatable bonds is 5. The molecule has 0 aromatic heterocycles. The van der Waals surface area contributed by atoms with Gasteiger partial charge in [-0.15, -0.1) is 0 Å². The number of hydrogen-bond acceptors (Lipinski definition) is 2. The van der Waals surface area contributed by atoms with E-state index < -0.39 is 23.4 Å². The van der Waals surface area contributed by atoms with Crippen molar-refractivity contribution >= 4 is 23.4 Å². The molecule has 0 fully saturated rings. The van der Waals surface area contributed by atoms with E-state index in [1.807, 2.05) is 0 Å². The van der Waals surface area contributed by atoms with Crippen molar-refractivity contribution in [2.75, 3.05) is 5.32 Å². The number of thioether (sulfide) groups is 1. The highest BCUT2D eigenvalue weighted by Gasteiger charge is 2.29. The fourth-order valence-corrected chi connectivity index (χ4v) is 2.51. The van der Waals surface area contributed by atoms with Crippen molar-refractivity contribution in [1.82, 2.24) is 0 Å². The van der Waals surface area contributed by atoms with Gasteiger partial charge < -0.3 is 5.32 Å².